The summed E-state index contributed by atoms with van der Waals surface area (Å²) >= 11 is 1.92. The first-order valence-electron chi connectivity index (χ1n) is 21.5. The fraction of sp³-hybridized carbons (Fsp3) is 0.296. The van der Waals surface area contributed by atoms with E-state index in [0.29, 0.717) is 0 Å². The molecule has 2 heteroatoms. The molecule has 2 heterocycles. The smallest absolute Gasteiger partial charge is 0.0545 e. The maximum Gasteiger partial charge on any atom is 0.0545 e. The molecule has 1 nitrogen and oxygen atoms in total. The lowest BCUT2D eigenvalue weighted by molar-refractivity contribution is 0.607. The van der Waals surface area contributed by atoms with E-state index in [0.717, 1.165) is 0 Å². The van der Waals surface area contributed by atoms with Crippen molar-refractivity contribution in [1.82, 2.24) is 4.98 Å². The maximum absolute atomic E-state index is 3.83. The predicted molar refractivity (Wildman–Crippen MR) is 251 cm³/mol. The van der Waals surface area contributed by atoms with Gasteiger partial charge in [-0.1, -0.05) is 199 Å². The predicted octanol–water partition coefficient (Wildman–Crippen LogP) is 17.0. The van der Waals surface area contributed by atoms with Crippen LogP contribution in [0.1, 0.15) is 124 Å². The van der Waals surface area contributed by atoms with E-state index in [4.69, 9.17) is 0 Å². The number of aromatic nitrogens is 1. The van der Waals surface area contributed by atoms with Crippen LogP contribution in [-0.4, -0.2) is 4.98 Å². The average Bonchev–Trinajstić information content (AvgIpc) is 3.80. The Balaban J connectivity index is 0.962. The number of hydrogen-bond donors (Lipinski definition) is 1. The number of H-pyrrole nitrogens is 1. The first-order chi connectivity index (χ1) is 27.7. The van der Waals surface area contributed by atoms with Crippen molar-refractivity contribution in [3.63, 3.8) is 0 Å². The minimum atomic E-state index is 1.18. The highest BCUT2D eigenvalue weighted by Gasteiger charge is 2.13. The van der Waals surface area contributed by atoms with E-state index in [1.165, 1.54) is 176 Å². The SMILES string of the molecule is CCCCCCCCc1ccc(/C=C/c2ccc3c(c2)[nH]c2c3ccc3c2ccc2c4ccc(/C=C/c5ccc(CCCCCCCC)cc5)cc4sc23)cc1. The molecule has 0 saturated carbocycles. The molecule has 0 amide bonds. The van der Waals surface area contributed by atoms with Gasteiger partial charge in [0.2, 0.25) is 0 Å². The van der Waals surface area contributed by atoms with Crippen LogP contribution in [0, 0.1) is 0 Å². The number of benzene rings is 6. The summed E-state index contributed by atoms with van der Waals surface area (Å²) in [4.78, 5) is 3.83. The zero-order chi connectivity index (χ0) is 38.1. The molecule has 0 radical (unpaired) electrons. The van der Waals surface area contributed by atoms with Gasteiger partial charge in [-0.15, -0.1) is 11.3 Å². The highest BCUT2D eigenvalue weighted by Crippen LogP contribution is 2.41. The quantitative estimate of drug-likeness (QED) is 0.0664. The van der Waals surface area contributed by atoms with E-state index in [2.05, 4.69) is 152 Å². The third-order valence-corrected chi connectivity index (χ3v) is 13.0. The number of nitrogens with one attached hydrogen (secondary N) is 1. The molecule has 0 aliphatic rings. The lowest BCUT2D eigenvalue weighted by Crippen LogP contribution is -1.86. The lowest BCUT2D eigenvalue weighted by Gasteiger charge is -2.03. The first kappa shape index (κ1) is 38.0. The zero-order valence-corrected chi connectivity index (χ0v) is 34.3. The van der Waals surface area contributed by atoms with Gasteiger partial charge in [0.25, 0.3) is 0 Å². The monoisotopic (exact) mass is 751 g/mol. The third kappa shape index (κ3) is 8.87. The normalized spacial score (nSPS) is 12.2. The lowest BCUT2D eigenvalue weighted by atomic mass is 10.0. The van der Waals surface area contributed by atoms with Gasteiger partial charge in [0.15, 0.2) is 0 Å². The second-order valence-corrected chi connectivity index (χ2v) is 17.1. The summed E-state index contributed by atoms with van der Waals surface area (Å²) in [5.41, 5.74) is 10.3. The van der Waals surface area contributed by atoms with E-state index in [9.17, 15) is 0 Å². The molecule has 6 aromatic carbocycles. The molecule has 0 saturated heterocycles. The van der Waals surface area contributed by atoms with Gasteiger partial charge in [-0.25, -0.2) is 0 Å². The van der Waals surface area contributed by atoms with Crippen LogP contribution in [0.3, 0.4) is 0 Å². The van der Waals surface area contributed by atoms with Crippen molar-refractivity contribution in [1.29, 1.82) is 0 Å². The number of rotatable bonds is 18. The number of unbranched alkanes of at least 4 members (excludes halogenated alkanes) is 10. The van der Waals surface area contributed by atoms with Gasteiger partial charge in [-0.3, -0.25) is 0 Å². The molecule has 284 valence electrons. The Morgan fingerprint density at radius 2 is 0.839 bits per heavy atom. The van der Waals surface area contributed by atoms with E-state index in [-0.39, 0.29) is 0 Å². The summed E-state index contributed by atoms with van der Waals surface area (Å²) in [6, 6.07) is 41.4. The summed E-state index contributed by atoms with van der Waals surface area (Å²) in [5, 5.41) is 7.85. The second kappa shape index (κ2) is 18.4. The topological polar surface area (TPSA) is 15.8 Å². The molecule has 8 rings (SSSR count). The molecule has 0 spiro atoms. The van der Waals surface area contributed by atoms with Crippen LogP contribution in [0.5, 0.6) is 0 Å². The van der Waals surface area contributed by atoms with Crippen molar-refractivity contribution in [2.75, 3.05) is 0 Å². The number of fused-ring (bicyclic) bond motifs is 9. The molecular formula is C54H57NS. The number of aryl methyl sites for hydroxylation is 2. The standard InChI is InChI=1S/C54H57NS/c1-3-5-7-9-11-13-15-39-17-21-41(22-18-39)25-27-43-29-31-45-47-33-36-50-48(53(47)55-51(45)37-43)34-35-49-46-32-30-44(38-52(46)56-54(49)50)28-26-42-23-19-40(20-24-42)16-14-12-10-8-6-4-2/h17-38,55H,3-16H2,1-2H3/b27-25+,28-26+. The van der Waals surface area contributed by atoms with E-state index < -0.39 is 0 Å². The van der Waals surface area contributed by atoms with Gasteiger partial charge >= 0.3 is 0 Å². The van der Waals surface area contributed by atoms with Gasteiger partial charge in [0.1, 0.15) is 0 Å². The molecular weight excluding hydrogens is 695 g/mol. The van der Waals surface area contributed by atoms with Crippen LogP contribution in [0.4, 0.5) is 0 Å². The Morgan fingerprint density at radius 1 is 0.411 bits per heavy atom. The van der Waals surface area contributed by atoms with E-state index in [1.54, 1.807) is 0 Å². The fourth-order valence-corrected chi connectivity index (χ4v) is 9.73. The van der Waals surface area contributed by atoms with Crippen LogP contribution >= 0.6 is 11.3 Å². The highest BCUT2D eigenvalue weighted by molar-refractivity contribution is 7.26. The summed E-state index contributed by atoms with van der Waals surface area (Å²) in [6.45, 7) is 4.57. The molecule has 0 atom stereocenters. The Hall–Kier alpha value is -4.92. The Labute approximate surface area is 338 Å². The first-order valence-corrected chi connectivity index (χ1v) is 22.4. The van der Waals surface area contributed by atoms with Gasteiger partial charge < -0.3 is 4.98 Å². The highest BCUT2D eigenvalue weighted by atomic mass is 32.1. The molecule has 1 N–H and O–H groups in total. The van der Waals surface area contributed by atoms with Crippen molar-refractivity contribution in [3.05, 3.63) is 143 Å². The van der Waals surface area contributed by atoms with E-state index >= 15 is 0 Å². The maximum atomic E-state index is 3.83. The van der Waals surface area contributed by atoms with Crippen LogP contribution in [0.2, 0.25) is 0 Å². The van der Waals surface area contributed by atoms with Crippen LogP contribution < -0.4 is 0 Å². The Morgan fingerprint density at radius 3 is 1.43 bits per heavy atom. The molecule has 2 aromatic heterocycles. The van der Waals surface area contributed by atoms with Crippen molar-refractivity contribution < 1.29 is 0 Å². The number of hydrogen-bond acceptors (Lipinski definition) is 1. The molecule has 0 unspecified atom stereocenters. The fourth-order valence-electron chi connectivity index (χ4n) is 8.45. The molecule has 0 aliphatic heterocycles. The van der Waals surface area contributed by atoms with Gasteiger partial charge in [-0.2, -0.15) is 0 Å². The zero-order valence-electron chi connectivity index (χ0n) is 33.5. The molecule has 0 aliphatic carbocycles. The molecule has 8 aromatic rings. The second-order valence-electron chi connectivity index (χ2n) is 16.0. The van der Waals surface area contributed by atoms with Crippen molar-refractivity contribution in [2.24, 2.45) is 0 Å². The molecule has 0 bridgehead atoms. The van der Waals surface area contributed by atoms with E-state index in [1.807, 2.05) is 11.3 Å². The van der Waals surface area contributed by atoms with Crippen LogP contribution in [0.25, 0.3) is 77.1 Å². The van der Waals surface area contributed by atoms with Crippen molar-refractivity contribution in [3.8, 4) is 0 Å². The minimum Gasteiger partial charge on any atom is -0.354 e. The Kier molecular flexibility index (Phi) is 12.4. The minimum absolute atomic E-state index is 1.18. The van der Waals surface area contributed by atoms with Crippen molar-refractivity contribution >= 4 is 88.4 Å². The van der Waals surface area contributed by atoms with Crippen LogP contribution in [0.15, 0.2) is 109 Å². The van der Waals surface area contributed by atoms with Gasteiger partial charge in [0, 0.05) is 47.2 Å². The average molecular weight is 752 g/mol. The third-order valence-electron chi connectivity index (χ3n) is 11.8. The molecule has 56 heavy (non-hydrogen) atoms. The van der Waals surface area contributed by atoms with Crippen molar-refractivity contribution in [2.45, 2.75) is 104 Å². The Bertz CT molecular complexity index is 2410. The summed E-state index contributed by atoms with van der Waals surface area (Å²) in [5.74, 6) is 0. The van der Waals surface area contributed by atoms with Gasteiger partial charge in [0.05, 0.1) is 5.52 Å². The summed E-state index contributed by atoms with van der Waals surface area (Å²) in [7, 11) is 0. The summed E-state index contributed by atoms with van der Waals surface area (Å²) < 4.78 is 2.70. The number of thiophene rings is 1. The molecule has 0 fully saturated rings. The van der Waals surface area contributed by atoms with Crippen LogP contribution in [-0.2, 0) is 12.8 Å². The van der Waals surface area contributed by atoms with Gasteiger partial charge in [-0.05, 0) is 71.2 Å². The largest absolute Gasteiger partial charge is 0.354 e. The summed E-state index contributed by atoms with van der Waals surface area (Å²) in [6.07, 6.45) is 27.5. The number of aromatic amines is 1.